The van der Waals surface area contributed by atoms with E-state index in [-0.39, 0.29) is 5.78 Å². The maximum atomic E-state index is 11.7. The second kappa shape index (κ2) is 4.01. The van der Waals surface area contributed by atoms with Gasteiger partial charge in [-0.2, -0.15) is 0 Å². The molecule has 2 aliphatic rings. The molecule has 1 aromatic carbocycles. The van der Waals surface area contributed by atoms with Gasteiger partial charge >= 0.3 is 0 Å². The fourth-order valence-corrected chi connectivity index (χ4v) is 2.94. The van der Waals surface area contributed by atoms with Crippen LogP contribution in [0.25, 0.3) is 0 Å². The van der Waals surface area contributed by atoms with E-state index in [0.717, 1.165) is 28.4 Å². The van der Waals surface area contributed by atoms with E-state index >= 15 is 0 Å². The van der Waals surface area contributed by atoms with Crippen LogP contribution in [0.2, 0.25) is 0 Å². The number of benzene rings is 1. The molecule has 0 N–H and O–H groups in total. The van der Waals surface area contributed by atoms with E-state index in [4.69, 9.17) is 9.47 Å². The van der Waals surface area contributed by atoms with Crippen LogP contribution in [0.4, 0.5) is 0 Å². The summed E-state index contributed by atoms with van der Waals surface area (Å²) in [5, 5.41) is 0. The SMILES string of the molecule is O=C1CCSc2cc3c(cc21)OCCCO3. The summed E-state index contributed by atoms with van der Waals surface area (Å²) in [4.78, 5) is 12.8. The highest BCUT2D eigenvalue weighted by Gasteiger charge is 2.22. The smallest absolute Gasteiger partial charge is 0.164 e. The van der Waals surface area contributed by atoms with Crippen molar-refractivity contribution in [1.82, 2.24) is 0 Å². The quantitative estimate of drug-likeness (QED) is 0.693. The molecule has 0 bridgehead atoms. The van der Waals surface area contributed by atoms with Gasteiger partial charge in [-0.1, -0.05) is 0 Å². The molecule has 0 unspecified atom stereocenters. The monoisotopic (exact) mass is 236 g/mol. The van der Waals surface area contributed by atoms with Crippen molar-refractivity contribution in [2.75, 3.05) is 19.0 Å². The topological polar surface area (TPSA) is 35.5 Å². The number of ether oxygens (including phenoxy) is 2. The minimum atomic E-state index is 0.212. The maximum Gasteiger partial charge on any atom is 0.164 e. The van der Waals surface area contributed by atoms with Gasteiger partial charge in [-0.3, -0.25) is 4.79 Å². The van der Waals surface area contributed by atoms with Gasteiger partial charge in [-0.15, -0.1) is 11.8 Å². The Hall–Kier alpha value is -1.16. The fraction of sp³-hybridized carbons (Fsp3) is 0.417. The Balaban J connectivity index is 2.08. The van der Waals surface area contributed by atoms with Gasteiger partial charge in [0.1, 0.15) is 0 Å². The van der Waals surface area contributed by atoms with Crippen LogP contribution in [-0.2, 0) is 0 Å². The third-order valence-electron chi connectivity index (χ3n) is 2.74. The van der Waals surface area contributed by atoms with Crippen molar-refractivity contribution in [2.45, 2.75) is 17.7 Å². The highest BCUT2D eigenvalue weighted by atomic mass is 32.2. The third-order valence-corrected chi connectivity index (χ3v) is 3.79. The number of hydrogen-bond acceptors (Lipinski definition) is 4. The molecule has 0 spiro atoms. The number of fused-ring (bicyclic) bond motifs is 2. The molecule has 3 rings (SSSR count). The normalized spacial score (nSPS) is 18.9. The van der Waals surface area contributed by atoms with Gasteiger partial charge < -0.3 is 9.47 Å². The Morgan fingerprint density at radius 3 is 2.69 bits per heavy atom. The molecule has 4 heteroatoms. The zero-order chi connectivity index (χ0) is 11.0. The summed E-state index contributed by atoms with van der Waals surface area (Å²) >= 11 is 1.72. The molecule has 2 heterocycles. The van der Waals surface area contributed by atoms with Crippen LogP contribution in [0.1, 0.15) is 23.2 Å². The van der Waals surface area contributed by atoms with Crippen LogP contribution < -0.4 is 9.47 Å². The van der Waals surface area contributed by atoms with Gasteiger partial charge in [-0.25, -0.2) is 0 Å². The molecule has 1 aromatic rings. The van der Waals surface area contributed by atoms with Crippen LogP contribution in [0.15, 0.2) is 17.0 Å². The van der Waals surface area contributed by atoms with E-state index in [1.54, 1.807) is 11.8 Å². The second-order valence-electron chi connectivity index (χ2n) is 3.87. The van der Waals surface area contributed by atoms with Gasteiger partial charge in [-0.05, 0) is 12.1 Å². The molecule has 0 fully saturated rings. The Kier molecular flexibility index (Phi) is 2.52. The predicted molar refractivity (Wildman–Crippen MR) is 61.7 cm³/mol. The van der Waals surface area contributed by atoms with Crippen LogP contribution in [-0.4, -0.2) is 24.7 Å². The minimum Gasteiger partial charge on any atom is -0.490 e. The number of carbonyl (C=O) groups excluding carboxylic acids is 1. The molecule has 0 saturated heterocycles. The third kappa shape index (κ3) is 1.67. The first-order valence-corrected chi connectivity index (χ1v) is 6.43. The van der Waals surface area contributed by atoms with Gasteiger partial charge in [0.2, 0.25) is 0 Å². The van der Waals surface area contributed by atoms with Crippen LogP contribution in [0, 0.1) is 0 Å². The van der Waals surface area contributed by atoms with Gasteiger partial charge in [0, 0.05) is 29.1 Å². The lowest BCUT2D eigenvalue weighted by Gasteiger charge is -2.17. The Labute approximate surface area is 98.1 Å². The molecule has 16 heavy (non-hydrogen) atoms. The molecular weight excluding hydrogens is 224 g/mol. The van der Waals surface area contributed by atoms with Crippen molar-refractivity contribution in [1.29, 1.82) is 0 Å². The maximum absolute atomic E-state index is 11.7. The number of thioether (sulfide) groups is 1. The molecule has 3 nitrogen and oxygen atoms in total. The number of rotatable bonds is 0. The van der Waals surface area contributed by atoms with Crippen molar-refractivity contribution in [3.05, 3.63) is 17.7 Å². The van der Waals surface area contributed by atoms with Gasteiger partial charge in [0.05, 0.1) is 13.2 Å². The molecule has 2 aliphatic heterocycles. The van der Waals surface area contributed by atoms with Crippen molar-refractivity contribution in [2.24, 2.45) is 0 Å². The first-order chi connectivity index (χ1) is 7.84. The fourth-order valence-electron chi connectivity index (χ4n) is 1.92. The van der Waals surface area contributed by atoms with E-state index in [1.165, 1.54) is 0 Å². The largest absolute Gasteiger partial charge is 0.490 e. The van der Waals surface area contributed by atoms with E-state index < -0.39 is 0 Å². The van der Waals surface area contributed by atoms with Crippen molar-refractivity contribution >= 4 is 17.5 Å². The zero-order valence-corrected chi connectivity index (χ0v) is 9.64. The molecule has 0 atom stereocenters. The average molecular weight is 236 g/mol. The van der Waals surface area contributed by atoms with E-state index in [0.29, 0.717) is 25.4 Å². The number of hydrogen-bond donors (Lipinski definition) is 0. The molecule has 0 aromatic heterocycles. The van der Waals surface area contributed by atoms with Crippen molar-refractivity contribution < 1.29 is 14.3 Å². The highest BCUT2D eigenvalue weighted by molar-refractivity contribution is 7.99. The van der Waals surface area contributed by atoms with Crippen molar-refractivity contribution in [3.63, 3.8) is 0 Å². The van der Waals surface area contributed by atoms with Gasteiger partial charge in [0.25, 0.3) is 0 Å². The number of carbonyl (C=O) groups is 1. The number of ketones is 1. The summed E-state index contributed by atoms with van der Waals surface area (Å²) in [6.45, 7) is 1.34. The van der Waals surface area contributed by atoms with Crippen LogP contribution >= 0.6 is 11.8 Å². The molecule has 0 amide bonds. The Morgan fingerprint density at radius 2 is 1.88 bits per heavy atom. The lowest BCUT2D eigenvalue weighted by atomic mass is 10.1. The number of Topliss-reactive ketones (excluding diaryl/α,β-unsaturated/α-hetero) is 1. The molecule has 0 aliphatic carbocycles. The molecule has 84 valence electrons. The first kappa shape index (κ1) is 10.0. The summed E-state index contributed by atoms with van der Waals surface area (Å²) in [5.74, 6) is 2.57. The average Bonchev–Trinajstić information content (AvgIpc) is 2.52. The predicted octanol–water partition coefficient (Wildman–Crippen LogP) is 2.53. The van der Waals surface area contributed by atoms with E-state index in [1.807, 2.05) is 12.1 Å². The summed E-state index contributed by atoms with van der Waals surface area (Å²) in [6, 6.07) is 3.78. The summed E-state index contributed by atoms with van der Waals surface area (Å²) in [5.41, 5.74) is 0.792. The Bertz CT molecular complexity index is 442. The van der Waals surface area contributed by atoms with Crippen LogP contribution in [0.3, 0.4) is 0 Å². The molecular formula is C12H12O3S. The Morgan fingerprint density at radius 1 is 1.12 bits per heavy atom. The standard InChI is InChI=1S/C12H12O3S/c13-9-2-5-16-12-7-11-10(6-8(9)12)14-3-1-4-15-11/h6-7H,1-5H2. The molecule has 0 saturated carbocycles. The van der Waals surface area contributed by atoms with Gasteiger partial charge in [0.15, 0.2) is 17.3 Å². The lowest BCUT2D eigenvalue weighted by molar-refractivity contribution is 0.0984. The van der Waals surface area contributed by atoms with E-state index in [2.05, 4.69) is 0 Å². The highest BCUT2D eigenvalue weighted by Crippen LogP contribution is 2.39. The second-order valence-corrected chi connectivity index (χ2v) is 5.00. The molecule has 0 radical (unpaired) electrons. The van der Waals surface area contributed by atoms with Crippen molar-refractivity contribution in [3.8, 4) is 11.5 Å². The lowest BCUT2D eigenvalue weighted by Crippen LogP contribution is -2.08. The zero-order valence-electron chi connectivity index (χ0n) is 8.82. The minimum absolute atomic E-state index is 0.212. The van der Waals surface area contributed by atoms with E-state index in [9.17, 15) is 4.79 Å². The summed E-state index contributed by atoms with van der Waals surface area (Å²) in [7, 11) is 0. The first-order valence-electron chi connectivity index (χ1n) is 5.44. The van der Waals surface area contributed by atoms with Crippen LogP contribution in [0.5, 0.6) is 11.5 Å². The summed E-state index contributed by atoms with van der Waals surface area (Å²) in [6.07, 6.45) is 1.51. The summed E-state index contributed by atoms with van der Waals surface area (Å²) < 4.78 is 11.2.